The molecule has 3 heterocycles. The number of hydrogen-bond donors (Lipinski definition) is 1. The van der Waals surface area contributed by atoms with Gasteiger partial charge in [0.15, 0.2) is 5.65 Å². The van der Waals surface area contributed by atoms with Crippen LogP contribution in [0.3, 0.4) is 0 Å². The minimum absolute atomic E-state index is 0.0407. The molecule has 6 nitrogen and oxygen atoms in total. The van der Waals surface area contributed by atoms with Crippen LogP contribution < -0.4 is 0 Å². The highest BCUT2D eigenvalue weighted by molar-refractivity contribution is 6.27. The fraction of sp³-hybridized carbons (Fsp3) is 0.231. The van der Waals surface area contributed by atoms with E-state index in [4.69, 9.17) is 0 Å². The number of nitrogens with zero attached hydrogens (tertiary/aromatic N) is 3. The van der Waals surface area contributed by atoms with Crippen LogP contribution in [0.1, 0.15) is 52.6 Å². The van der Waals surface area contributed by atoms with Gasteiger partial charge in [0.1, 0.15) is 0 Å². The van der Waals surface area contributed by atoms with Crippen LogP contribution in [0.2, 0.25) is 0 Å². The highest BCUT2D eigenvalue weighted by Crippen LogP contribution is 2.35. The maximum atomic E-state index is 13.3. The number of H-pyrrole nitrogens is 1. The number of aromatic amines is 1. The van der Waals surface area contributed by atoms with Crippen molar-refractivity contribution in [3.63, 3.8) is 0 Å². The van der Waals surface area contributed by atoms with Gasteiger partial charge >= 0.3 is 0 Å². The minimum Gasteiger partial charge on any atom is -0.275 e. The molecule has 0 saturated heterocycles. The highest BCUT2D eigenvalue weighted by atomic mass is 16.2. The van der Waals surface area contributed by atoms with E-state index in [-0.39, 0.29) is 17.2 Å². The molecule has 4 aromatic rings. The van der Waals surface area contributed by atoms with Crippen molar-refractivity contribution >= 4 is 22.8 Å². The second-order valence-electron chi connectivity index (χ2n) is 9.17. The van der Waals surface area contributed by atoms with Gasteiger partial charge in [0, 0.05) is 18.3 Å². The lowest BCUT2D eigenvalue weighted by atomic mass is 9.86. The summed E-state index contributed by atoms with van der Waals surface area (Å²) in [6.07, 6.45) is 2.07. The third-order valence-electron chi connectivity index (χ3n) is 6.02. The maximum absolute atomic E-state index is 13.3. The Morgan fingerprint density at radius 1 is 0.938 bits per heavy atom. The molecular formula is C26H24N4O2. The third-order valence-corrected chi connectivity index (χ3v) is 6.02. The second kappa shape index (κ2) is 7.41. The van der Waals surface area contributed by atoms with Crippen molar-refractivity contribution in [2.75, 3.05) is 6.54 Å². The van der Waals surface area contributed by atoms with Gasteiger partial charge in [0.2, 0.25) is 0 Å². The number of carbonyl (C=O) groups excluding carboxylic acids is 2. The van der Waals surface area contributed by atoms with E-state index in [1.807, 2.05) is 42.5 Å². The summed E-state index contributed by atoms with van der Waals surface area (Å²) in [7, 11) is 0. The standard InChI is InChI=1S/C26H24N4O2/c1-26(2,3)18-11-9-17(10-12-18)22-21-20-19(15-27-23(21)29-28-22)24(31)30(25(20)32)14-13-16-7-5-4-6-8-16/h4-12,15H,13-14H2,1-3H3,(H,27,28,29). The molecule has 6 heteroatoms. The summed E-state index contributed by atoms with van der Waals surface area (Å²) in [6, 6.07) is 18.0. The van der Waals surface area contributed by atoms with Gasteiger partial charge in [-0.15, -0.1) is 0 Å². The Labute approximate surface area is 186 Å². The summed E-state index contributed by atoms with van der Waals surface area (Å²) in [5.74, 6) is -0.590. The Bertz CT molecular complexity index is 1330. The van der Waals surface area contributed by atoms with Crippen molar-refractivity contribution in [2.45, 2.75) is 32.6 Å². The fourth-order valence-corrected chi connectivity index (χ4v) is 4.18. The van der Waals surface area contributed by atoms with Crippen molar-refractivity contribution in [3.05, 3.63) is 83.0 Å². The number of hydrogen-bond acceptors (Lipinski definition) is 4. The van der Waals surface area contributed by atoms with Gasteiger partial charge in [-0.25, -0.2) is 4.98 Å². The van der Waals surface area contributed by atoms with Crippen LogP contribution in [0.25, 0.3) is 22.3 Å². The molecular weight excluding hydrogens is 400 g/mol. The first kappa shape index (κ1) is 20.1. The van der Waals surface area contributed by atoms with Crippen LogP contribution in [-0.4, -0.2) is 38.4 Å². The molecule has 0 spiro atoms. The summed E-state index contributed by atoms with van der Waals surface area (Å²) >= 11 is 0. The monoisotopic (exact) mass is 424 g/mol. The number of rotatable bonds is 4. The molecule has 1 N–H and O–H groups in total. The molecule has 5 rings (SSSR count). The zero-order valence-electron chi connectivity index (χ0n) is 18.3. The highest BCUT2D eigenvalue weighted by Gasteiger charge is 2.38. The predicted octanol–water partition coefficient (Wildman–Crippen LogP) is 4.76. The van der Waals surface area contributed by atoms with Crippen LogP contribution in [-0.2, 0) is 11.8 Å². The lowest BCUT2D eigenvalue weighted by Crippen LogP contribution is -2.31. The van der Waals surface area contributed by atoms with Gasteiger partial charge in [-0.2, -0.15) is 5.10 Å². The Kier molecular flexibility index (Phi) is 4.66. The minimum atomic E-state index is -0.300. The number of imide groups is 1. The average molecular weight is 425 g/mol. The first-order valence-electron chi connectivity index (χ1n) is 10.7. The summed E-state index contributed by atoms with van der Waals surface area (Å²) in [4.78, 5) is 32.0. The smallest absolute Gasteiger partial charge is 0.263 e. The average Bonchev–Trinajstić information content (AvgIpc) is 3.32. The molecule has 1 aliphatic heterocycles. The molecule has 160 valence electrons. The van der Waals surface area contributed by atoms with Crippen molar-refractivity contribution in [3.8, 4) is 11.3 Å². The van der Waals surface area contributed by atoms with Crippen LogP contribution in [0.5, 0.6) is 0 Å². The lowest BCUT2D eigenvalue weighted by molar-refractivity contribution is 0.0656. The van der Waals surface area contributed by atoms with E-state index in [1.54, 1.807) is 0 Å². The van der Waals surface area contributed by atoms with E-state index in [0.717, 1.165) is 11.1 Å². The first-order valence-corrected chi connectivity index (χ1v) is 10.7. The van der Waals surface area contributed by atoms with Gasteiger partial charge in [-0.1, -0.05) is 75.4 Å². The van der Waals surface area contributed by atoms with E-state index in [1.165, 1.54) is 16.7 Å². The topological polar surface area (TPSA) is 79.0 Å². The van der Waals surface area contributed by atoms with Gasteiger partial charge in [0.25, 0.3) is 11.8 Å². The van der Waals surface area contributed by atoms with Crippen molar-refractivity contribution in [1.82, 2.24) is 20.1 Å². The Hall–Kier alpha value is -3.80. The zero-order chi connectivity index (χ0) is 22.5. The lowest BCUT2D eigenvalue weighted by Gasteiger charge is -2.19. The molecule has 1 aliphatic rings. The second-order valence-corrected chi connectivity index (χ2v) is 9.17. The van der Waals surface area contributed by atoms with Crippen molar-refractivity contribution in [2.24, 2.45) is 0 Å². The van der Waals surface area contributed by atoms with Crippen molar-refractivity contribution < 1.29 is 9.59 Å². The molecule has 0 saturated carbocycles. The van der Waals surface area contributed by atoms with Gasteiger partial charge < -0.3 is 0 Å². The van der Waals surface area contributed by atoms with Gasteiger partial charge in [0.05, 0.1) is 22.2 Å². The molecule has 2 aromatic heterocycles. The Morgan fingerprint density at radius 3 is 2.34 bits per heavy atom. The molecule has 0 aliphatic carbocycles. The normalized spacial score (nSPS) is 13.8. The van der Waals surface area contributed by atoms with E-state index in [2.05, 4.69) is 48.1 Å². The van der Waals surface area contributed by atoms with Crippen LogP contribution in [0.4, 0.5) is 0 Å². The number of benzene rings is 2. The molecule has 0 atom stereocenters. The maximum Gasteiger partial charge on any atom is 0.263 e. The Morgan fingerprint density at radius 2 is 1.66 bits per heavy atom. The summed E-state index contributed by atoms with van der Waals surface area (Å²) < 4.78 is 0. The molecule has 2 aromatic carbocycles. The van der Waals surface area contributed by atoms with E-state index in [0.29, 0.717) is 40.8 Å². The molecule has 0 fully saturated rings. The molecule has 0 radical (unpaired) electrons. The molecule has 0 unspecified atom stereocenters. The van der Waals surface area contributed by atoms with Crippen LogP contribution in [0.15, 0.2) is 60.8 Å². The summed E-state index contributed by atoms with van der Waals surface area (Å²) in [6.45, 7) is 6.82. The molecule has 0 bridgehead atoms. The molecule has 32 heavy (non-hydrogen) atoms. The fourth-order valence-electron chi connectivity index (χ4n) is 4.18. The first-order chi connectivity index (χ1) is 15.3. The van der Waals surface area contributed by atoms with Crippen LogP contribution >= 0.6 is 0 Å². The van der Waals surface area contributed by atoms with E-state index in [9.17, 15) is 9.59 Å². The largest absolute Gasteiger partial charge is 0.275 e. The van der Waals surface area contributed by atoms with E-state index >= 15 is 0 Å². The zero-order valence-corrected chi connectivity index (χ0v) is 18.3. The predicted molar refractivity (Wildman–Crippen MR) is 124 cm³/mol. The van der Waals surface area contributed by atoms with Gasteiger partial charge in [-0.3, -0.25) is 19.6 Å². The Balaban J connectivity index is 1.53. The number of amides is 2. The third kappa shape index (κ3) is 3.28. The van der Waals surface area contributed by atoms with Crippen molar-refractivity contribution in [1.29, 1.82) is 0 Å². The molecule has 2 amide bonds. The quantitative estimate of drug-likeness (QED) is 0.479. The summed E-state index contributed by atoms with van der Waals surface area (Å²) in [5, 5.41) is 7.94. The SMILES string of the molecule is CC(C)(C)c1ccc(-c2[nH]nc3ncc4c(c23)C(=O)N(CCc2ccccc2)C4=O)cc1. The number of nitrogens with one attached hydrogen (secondary N) is 1. The van der Waals surface area contributed by atoms with Gasteiger partial charge in [-0.05, 0) is 23.0 Å². The number of fused-ring (bicyclic) bond motifs is 3. The number of carbonyl (C=O) groups is 2. The number of aromatic nitrogens is 3. The number of pyridine rings is 1. The van der Waals surface area contributed by atoms with E-state index < -0.39 is 0 Å². The summed E-state index contributed by atoms with van der Waals surface area (Å²) in [5.41, 5.74) is 5.10. The van der Waals surface area contributed by atoms with Crippen LogP contribution in [0, 0.1) is 0 Å².